The van der Waals surface area contributed by atoms with Crippen LogP contribution in [0.4, 0.5) is 0 Å². The maximum absolute atomic E-state index is 11.6. The fourth-order valence-electron chi connectivity index (χ4n) is 1.37. The minimum absolute atomic E-state index is 0.467. The lowest BCUT2D eigenvalue weighted by Gasteiger charge is -2.12. The Kier molecular flexibility index (Phi) is 4.24. The van der Waals surface area contributed by atoms with E-state index in [-0.39, 0.29) is 0 Å². The average Bonchev–Trinajstić information content (AvgIpc) is 2.26. The van der Waals surface area contributed by atoms with Gasteiger partial charge in [-0.2, -0.15) is 0 Å². The Morgan fingerprint density at radius 3 is 2.50 bits per heavy atom. The molecular formula is C12H13BrO3. The molecule has 0 aromatic heterocycles. The van der Waals surface area contributed by atoms with Crippen LogP contribution in [0, 0.1) is 6.92 Å². The molecule has 1 rings (SSSR count). The maximum Gasteiger partial charge on any atom is 0.216 e. The molecule has 4 heteroatoms. The highest BCUT2D eigenvalue weighted by Crippen LogP contribution is 2.32. The van der Waals surface area contributed by atoms with Crippen LogP contribution in [0.25, 0.3) is 0 Å². The van der Waals surface area contributed by atoms with E-state index in [1.165, 1.54) is 14.0 Å². The number of benzene rings is 1. The molecule has 1 aromatic rings. The molecule has 0 aliphatic carbocycles. The van der Waals surface area contributed by atoms with Crippen molar-refractivity contribution in [3.05, 3.63) is 29.3 Å². The molecular weight excluding hydrogens is 272 g/mol. The topological polar surface area (TPSA) is 43.4 Å². The van der Waals surface area contributed by atoms with Crippen LogP contribution in [0.2, 0.25) is 0 Å². The molecule has 1 unspecified atom stereocenters. The summed E-state index contributed by atoms with van der Waals surface area (Å²) in [6, 6.07) is 5.51. The third-order valence-corrected chi connectivity index (χ3v) is 3.14. The van der Waals surface area contributed by atoms with Gasteiger partial charge in [0.05, 0.1) is 7.11 Å². The molecule has 0 radical (unpaired) electrons. The van der Waals surface area contributed by atoms with E-state index < -0.39 is 16.4 Å². The van der Waals surface area contributed by atoms with Crippen molar-refractivity contribution >= 4 is 27.5 Å². The predicted molar refractivity (Wildman–Crippen MR) is 65.1 cm³/mol. The van der Waals surface area contributed by atoms with Gasteiger partial charge in [-0.3, -0.25) is 9.59 Å². The summed E-state index contributed by atoms with van der Waals surface area (Å²) in [4.78, 5) is 22.0. The molecule has 1 aromatic carbocycles. The number of Topliss-reactive ketones (excluding diaryl/α,β-unsaturated/α-hetero) is 2. The Hall–Kier alpha value is -1.16. The average molecular weight is 285 g/mol. The van der Waals surface area contributed by atoms with E-state index >= 15 is 0 Å². The number of hydrogen-bond donors (Lipinski definition) is 0. The molecule has 16 heavy (non-hydrogen) atoms. The van der Waals surface area contributed by atoms with E-state index in [1.54, 1.807) is 6.07 Å². The van der Waals surface area contributed by atoms with Crippen molar-refractivity contribution in [1.82, 2.24) is 0 Å². The molecule has 0 fully saturated rings. The van der Waals surface area contributed by atoms with Crippen LogP contribution < -0.4 is 4.74 Å². The molecule has 0 heterocycles. The molecule has 0 N–H and O–H groups in total. The lowest BCUT2D eigenvalue weighted by atomic mass is 10.0. The van der Waals surface area contributed by atoms with Crippen molar-refractivity contribution in [3.63, 3.8) is 0 Å². The summed E-state index contributed by atoms with van der Waals surface area (Å²) in [5.41, 5.74) is 1.69. The molecule has 86 valence electrons. The smallest absolute Gasteiger partial charge is 0.216 e. The fourth-order valence-corrected chi connectivity index (χ4v) is 2.05. The number of hydrogen-bond acceptors (Lipinski definition) is 3. The van der Waals surface area contributed by atoms with Crippen LogP contribution in [-0.2, 0) is 9.59 Å². The van der Waals surface area contributed by atoms with Crippen molar-refractivity contribution in [2.45, 2.75) is 18.7 Å². The molecule has 0 saturated heterocycles. The largest absolute Gasteiger partial charge is 0.496 e. The van der Waals surface area contributed by atoms with Crippen molar-refractivity contribution in [3.8, 4) is 5.75 Å². The van der Waals surface area contributed by atoms with E-state index in [1.807, 2.05) is 19.1 Å². The number of carbonyl (C=O) groups is 2. The summed E-state index contributed by atoms with van der Waals surface area (Å²) in [6.45, 7) is 3.18. The number of ether oxygens (including phenoxy) is 1. The summed E-state index contributed by atoms with van der Waals surface area (Å²) in [6.07, 6.45) is 0. The van der Waals surface area contributed by atoms with Crippen LogP contribution in [0.3, 0.4) is 0 Å². The number of aryl methyl sites for hydroxylation is 1. The lowest BCUT2D eigenvalue weighted by molar-refractivity contribution is -0.135. The minimum Gasteiger partial charge on any atom is -0.496 e. The first-order valence-corrected chi connectivity index (χ1v) is 5.72. The van der Waals surface area contributed by atoms with Crippen LogP contribution in [0.1, 0.15) is 22.9 Å². The van der Waals surface area contributed by atoms with Crippen molar-refractivity contribution < 1.29 is 14.3 Å². The second-order valence-corrected chi connectivity index (χ2v) is 4.44. The van der Waals surface area contributed by atoms with Crippen LogP contribution in [0.15, 0.2) is 18.2 Å². The molecule has 1 atom stereocenters. The Bertz CT molecular complexity index is 426. The number of halogens is 1. The normalized spacial score (nSPS) is 12.0. The monoisotopic (exact) mass is 284 g/mol. The van der Waals surface area contributed by atoms with Gasteiger partial charge >= 0.3 is 0 Å². The SMILES string of the molecule is COc1ccc(C)cc1C(Br)C(=O)C(C)=O. The number of rotatable bonds is 4. The second kappa shape index (κ2) is 5.25. The van der Waals surface area contributed by atoms with Crippen LogP contribution in [0.5, 0.6) is 5.75 Å². The zero-order chi connectivity index (χ0) is 12.3. The summed E-state index contributed by atoms with van der Waals surface area (Å²) in [5.74, 6) is -0.337. The zero-order valence-corrected chi connectivity index (χ0v) is 11.0. The summed E-state index contributed by atoms with van der Waals surface area (Å²) < 4.78 is 5.16. The molecule has 0 spiro atoms. The molecule has 0 amide bonds. The molecule has 3 nitrogen and oxygen atoms in total. The summed E-state index contributed by atoms with van der Waals surface area (Å²) in [5, 5.41) is 0. The first-order chi connectivity index (χ1) is 7.47. The summed E-state index contributed by atoms with van der Waals surface area (Å²) >= 11 is 3.23. The van der Waals surface area contributed by atoms with Gasteiger partial charge in [-0.05, 0) is 13.0 Å². The van der Waals surface area contributed by atoms with Gasteiger partial charge in [-0.1, -0.05) is 33.6 Å². The first kappa shape index (κ1) is 12.9. The Morgan fingerprint density at radius 2 is 2.00 bits per heavy atom. The Morgan fingerprint density at radius 1 is 1.38 bits per heavy atom. The Balaban J connectivity index is 3.15. The van der Waals surface area contributed by atoms with Crippen molar-refractivity contribution in [1.29, 1.82) is 0 Å². The van der Waals surface area contributed by atoms with Crippen molar-refractivity contribution in [2.24, 2.45) is 0 Å². The third kappa shape index (κ3) is 2.70. The lowest BCUT2D eigenvalue weighted by Crippen LogP contribution is -2.16. The van der Waals surface area contributed by atoms with E-state index in [9.17, 15) is 9.59 Å². The zero-order valence-electron chi connectivity index (χ0n) is 9.41. The molecule has 0 aliphatic rings. The standard InChI is InChI=1S/C12H13BrO3/c1-7-4-5-10(16-3)9(6-7)11(13)12(15)8(2)14/h4-6,11H,1-3H3. The van der Waals surface area contributed by atoms with Gasteiger partial charge in [0, 0.05) is 12.5 Å². The van der Waals surface area contributed by atoms with Crippen LogP contribution >= 0.6 is 15.9 Å². The fraction of sp³-hybridized carbons (Fsp3) is 0.333. The highest BCUT2D eigenvalue weighted by atomic mass is 79.9. The van der Waals surface area contributed by atoms with Gasteiger partial charge in [0.25, 0.3) is 0 Å². The number of methoxy groups -OCH3 is 1. The highest BCUT2D eigenvalue weighted by molar-refractivity contribution is 9.09. The maximum atomic E-state index is 11.6. The number of carbonyl (C=O) groups excluding carboxylic acids is 2. The highest BCUT2D eigenvalue weighted by Gasteiger charge is 2.24. The van der Waals surface area contributed by atoms with Gasteiger partial charge in [-0.25, -0.2) is 0 Å². The van der Waals surface area contributed by atoms with Crippen molar-refractivity contribution in [2.75, 3.05) is 7.11 Å². The van der Waals surface area contributed by atoms with Gasteiger partial charge < -0.3 is 4.74 Å². The third-order valence-electron chi connectivity index (χ3n) is 2.24. The number of alkyl halides is 1. The summed E-state index contributed by atoms with van der Waals surface area (Å²) in [7, 11) is 1.53. The van der Waals surface area contributed by atoms with E-state index in [2.05, 4.69) is 15.9 Å². The van der Waals surface area contributed by atoms with Crippen LogP contribution in [-0.4, -0.2) is 18.7 Å². The van der Waals surface area contributed by atoms with E-state index in [0.29, 0.717) is 11.3 Å². The van der Waals surface area contributed by atoms with Gasteiger partial charge in [-0.15, -0.1) is 0 Å². The van der Waals surface area contributed by atoms with Gasteiger partial charge in [0.2, 0.25) is 5.78 Å². The van der Waals surface area contributed by atoms with Gasteiger partial charge in [0.1, 0.15) is 10.6 Å². The Labute approximate surface area is 103 Å². The molecule has 0 saturated carbocycles. The first-order valence-electron chi connectivity index (χ1n) is 4.80. The minimum atomic E-state index is -0.639. The second-order valence-electron chi connectivity index (χ2n) is 3.53. The molecule has 0 bridgehead atoms. The van der Waals surface area contributed by atoms with E-state index in [4.69, 9.17) is 4.74 Å². The van der Waals surface area contributed by atoms with Gasteiger partial charge in [0.15, 0.2) is 5.78 Å². The number of ketones is 2. The quantitative estimate of drug-likeness (QED) is 0.631. The molecule has 0 aliphatic heterocycles. The van der Waals surface area contributed by atoms with E-state index in [0.717, 1.165) is 5.56 Å². The predicted octanol–water partition coefficient (Wildman–Crippen LogP) is 2.60.